The molecule has 0 N–H and O–H groups in total. The zero-order valence-electron chi connectivity index (χ0n) is 7.48. The van der Waals surface area contributed by atoms with Crippen LogP contribution in [-0.2, 0) is 4.74 Å². The number of ether oxygens (including phenoxy) is 1. The van der Waals surface area contributed by atoms with Crippen LogP contribution in [0.5, 0.6) is 0 Å². The Bertz CT molecular complexity index is 217. The summed E-state index contributed by atoms with van der Waals surface area (Å²) in [5.74, 6) is 0.464. The van der Waals surface area contributed by atoms with E-state index >= 15 is 0 Å². The lowest BCUT2D eigenvalue weighted by atomic mass is 9.90. The average Bonchev–Trinajstić information content (AvgIpc) is 2.17. The van der Waals surface area contributed by atoms with Crippen molar-refractivity contribution in [3.8, 4) is 0 Å². The molecule has 0 aliphatic heterocycles. The van der Waals surface area contributed by atoms with Crippen LogP contribution in [0.3, 0.4) is 0 Å². The molecule has 0 aromatic heterocycles. The lowest BCUT2D eigenvalue weighted by molar-refractivity contribution is 0.124. The summed E-state index contributed by atoms with van der Waals surface area (Å²) in [6, 6.07) is 0. The maximum absolute atomic E-state index is 10.6. The summed E-state index contributed by atoms with van der Waals surface area (Å²) in [7, 11) is 0. The second-order valence-corrected chi connectivity index (χ2v) is 3.27. The molecule has 1 saturated carbocycles. The first-order valence-corrected chi connectivity index (χ1v) is 4.55. The molecule has 1 amide bonds. The lowest BCUT2D eigenvalue weighted by Crippen LogP contribution is -2.14. The minimum atomic E-state index is -0.812. The van der Waals surface area contributed by atoms with Crippen LogP contribution < -0.4 is 0 Å². The Balaban J connectivity index is 2.17. The number of hydrogen-bond donors (Lipinski definition) is 0. The summed E-state index contributed by atoms with van der Waals surface area (Å²) in [6.45, 7) is 0.401. The highest BCUT2D eigenvalue weighted by Gasteiger charge is 2.14. The van der Waals surface area contributed by atoms with Crippen LogP contribution in [0.1, 0.15) is 32.1 Å². The van der Waals surface area contributed by atoms with E-state index in [0.717, 1.165) is 12.8 Å². The van der Waals surface area contributed by atoms with Crippen LogP contribution in [0.15, 0.2) is 5.11 Å². The van der Waals surface area contributed by atoms with Crippen LogP contribution >= 0.6 is 0 Å². The molecule has 5 heteroatoms. The van der Waals surface area contributed by atoms with Crippen molar-refractivity contribution in [1.29, 1.82) is 0 Å². The third-order valence-corrected chi connectivity index (χ3v) is 2.29. The van der Waals surface area contributed by atoms with Gasteiger partial charge in [0.2, 0.25) is 0 Å². The number of rotatable bonds is 2. The molecule has 5 nitrogen and oxygen atoms in total. The second kappa shape index (κ2) is 5.43. The largest absolute Gasteiger partial charge is 0.461 e. The van der Waals surface area contributed by atoms with Gasteiger partial charge in [0.1, 0.15) is 0 Å². The van der Waals surface area contributed by atoms with Gasteiger partial charge in [-0.15, -0.1) is 0 Å². The summed E-state index contributed by atoms with van der Waals surface area (Å²) in [5.41, 5.74) is 7.93. The zero-order valence-corrected chi connectivity index (χ0v) is 7.48. The third-order valence-electron chi connectivity index (χ3n) is 2.29. The van der Waals surface area contributed by atoms with E-state index in [1.807, 2.05) is 0 Å². The Morgan fingerprint density at radius 2 is 2.15 bits per heavy atom. The van der Waals surface area contributed by atoms with Crippen molar-refractivity contribution in [2.24, 2.45) is 11.0 Å². The van der Waals surface area contributed by atoms with Crippen molar-refractivity contribution in [1.82, 2.24) is 0 Å². The highest BCUT2D eigenvalue weighted by Crippen LogP contribution is 2.23. The third kappa shape index (κ3) is 3.80. The van der Waals surface area contributed by atoms with Crippen molar-refractivity contribution in [2.45, 2.75) is 32.1 Å². The standard InChI is InChI=1S/C8H13N3O2/c9-11-10-8(12)13-6-7-4-2-1-3-5-7/h7H,1-6H2. The molecular formula is C8H13N3O2. The maximum atomic E-state index is 10.6. The predicted molar refractivity (Wildman–Crippen MR) is 47.1 cm³/mol. The summed E-state index contributed by atoms with van der Waals surface area (Å²) in [5, 5.41) is 2.83. The van der Waals surface area contributed by atoms with Gasteiger partial charge in [-0.05, 0) is 24.3 Å². The van der Waals surface area contributed by atoms with Gasteiger partial charge >= 0.3 is 6.09 Å². The highest BCUT2D eigenvalue weighted by molar-refractivity contribution is 5.67. The topological polar surface area (TPSA) is 75.1 Å². The molecule has 0 heterocycles. The normalized spacial score (nSPS) is 17.5. The molecule has 0 aromatic carbocycles. The Hall–Kier alpha value is -1.22. The van der Waals surface area contributed by atoms with E-state index in [-0.39, 0.29) is 0 Å². The Labute approximate surface area is 76.7 Å². The van der Waals surface area contributed by atoms with E-state index in [4.69, 9.17) is 10.3 Å². The van der Waals surface area contributed by atoms with Crippen molar-refractivity contribution in [2.75, 3.05) is 6.61 Å². The second-order valence-electron chi connectivity index (χ2n) is 3.27. The fraction of sp³-hybridized carbons (Fsp3) is 0.875. The summed E-state index contributed by atoms with van der Waals surface area (Å²) < 4.78 is 4.76. The smallest absolute Gasteiger partial charge is 0.396 e. The van der Waals surface area contributed by atoms with Crippen molar-refractivity contribution < 1.29 is 9.53 Å². The van der Waals surface area contributed by atoms with E-state index < -0.39 is 6.09 Å². The fourth-order valence-corrected chi connectivity index (χ4v) is 1.61. The summed E-state index contributed by atoms with van der Waals surface area (Å²) >= 11 is 0. The molecule has 0 bridgehead atoms. The average molecular weight is 183 g/mol. The minimum Gasteiger partial charge on any atom is -0.461 e. The molecule has 0 atom stereocenters. The molecule has 0 spiro atoms. The lowest BCUT2D eigenvalue weighted by Gasteiger charge is -2.20. The molecule has 1 aliphatic rings. The van der Waals surface area contributed by atoms with E-state index in [1.165, 1.54) is 19.3 Å². The first-order chi connectivity index (χ1) is 6.33. The Morgan fingerprint density at radius 3 is 2.77 bits per heavy atom. The van der Waals surface area contributed by atoms with Crippen LogP contribution in [0.4, 0.5) is 4.79 Å². The number of azide groups is 1. The maximum Gasteiger partial charge on any atom is 0.396 e. The molecule has 0 saturated heterocycles. The number of amides is 1. The van der Waals surface area contributed by atoms with Gasteiger partial charge in [0.25, 0.3) is 0 Å². The van der Waals surface area contributed by atoms with Crippen LogP contribution in [-0.4, -0.2) is 12.7 Å². The molecule has 0 radical (unpaired) electrons. The quantitative estimate of drug-likeness (QED) is 0.375. The zero-order chi connectivity index (χ0) is 9.52. The van der Waals surface area contributed by atoms with Gasteiger partial charge in [-0.3, -0.25) is 0 Å². The van der Waals surface area contributed by atoms with E-state index in [1.54, 1.807) is 0 Å². The molecule has 72 valence electrons. The molecule has 1 rings (SSSR count). The van der Waals surface area contributed by atoms with E-state index in [2.05, 4.69) is 10.0 Å². The number of nitrogens with zero attached hydrogens (tertiary/aromatic N) is 3. The Morgan fingerprint density at radius 1 is 1.46 bits per heavy atom. The van der Waals surface area contributed by atoms with E-state index in [0.29, 0.717) is 12.5 Å². The van der Waals surface area contributed by atoms with E-state index in [9.17, 15) is 4.79 Å². The fourth-order valence-electron chi connectivity index (χ4n) is 1.61. The molecule has 13 heavy (non-hydrogen) atoms. The van der Waals surface area contributed by atoms with Gasteiger partial charge in [0.05, 0.1) is 6.61 Å². The van der Waals surface area contributed by atoms with Crippen LogP contribution in [0, 0.1) is 5.92 Å². The molecule has 1 aliphatic carbocycles. The predicted octanol–water partition coefficient (Wildman–Crippen LogP) is 3.01. The monoisotopic (exact) mass is 183 g/mol. The van der Waals surface area contributed by atoms with Gasteiger partial charge < -0.3 is 4.74 Å². The van der Waals surface area contributed by atoms with Crippen LogP contribution in [0.25, 0.3) is 10.4 Å². The molecule has 0 aromatic rings. The van der Waals surface area contributed by atoms with Crippen LogP contribution in [0.2, 0.25) is 0 Å². The SMILES string of the molecule is [N-]=[N+]=NC(=O)OCC1CCCCC1. The highest BCUT2D eigenvalue weighted by atomic mass is 16.5. The van der Waals surface area contributed by atoms with Crippen molar-refractivity contribution >= 4 is 6.09 Å². The number of carbonyl (C=O) groups excluding carboxylic acids is 1. The summed E-state index contributed by atoms with van der Waals surface area (Å²) in [6.07, 6.45) is 5.12. The Kier molecular flexibility index (Phi) is 4.12. The first-order valence-electron chi connectivity index (χ1n) is 4.55. The van der Waals surface area contributed by atoms with Gasteiger partial charge in [0, 0.05) is 10.0 Å². The van der Waals surface area contributed by atoms with Gasteiger partial charge in [-0.25, -0.2) is 4.79 Å². The van der Waals surface area contributed by atoms with Gasteiger partial charge in [-0.1, -0.05) is 19.3 Å². The summed E-state index contributed by atoms with van der Waals surface area (Å²) in [4.78, 5) is 13.0. The minimum absolute atomic E-state index is 0.401. The van der Waals surface area contributed by atoms with Gasteiger partial charge in [-0.2, -0.15) is 0 Å². The molecular weight excluding hydrogens is 170 g/mol. The van der Waals surface area contributed by atoms with Gasteiger partial charge in [0.15, 0.2) is 0 Å². The molecule has 1 fully saturated rings. The first kappa shape index (κ1) is 9.86. The number of hydrogen-bond acceptors (Lipinski definition) is 2. The molecule has 0 unspecified atom stereocenters. The number of carbonyl (C=O) groups is 1. The van der Waals surface area contributed by atoms with Crippen molar-refractivity contribution in [3.63, 3.8) is 0 Å². The van der Waals surface area contributed by atoms with Crippen molar-refractivity contribution in [3.05, 3.63) is 10.4 Å².